The van der Waals surface area contributed by atoms with Gasteiger partial charge in [0, 0.05) is 13.1 Å². The minimum Gasteiger partial charge on any atom is -0.468 e. The maximum atomic E-state index is 12.8. The van der Waals surface area contributed by atoms with Crippen LogP contribution in [-0.4, -0.2) is 52.5 Å². The van der Waals surface area contributed by atoms with Gasteiger partial charge < -0.3 is 14.4 Å². The van der Waals surface area contributed by atoms with E-state index in [1.807, 2.05) is 4.90 Å². The molecule has 11 heteroatoms. The molecule has 1 atom stereocenters. The van der Waals surface area contributed by atoms with E-state index in [1.54, 1.807) is 6.20 Å². The quantitative estimate of drug-likeness (QED) is 0.599. The van der Waals surface area contributed by atoms with Gasteiger partial charge in [-0.25, -0.2) is 14.6 Å². The molecule has 1 aromatic carbocycles. The van der Waals surface area contributed by atoms with Gasteiger partial charge in [0.15, 0.2) is 5.65 Å². The zero-order valence-corrected chi connectivity index (χ0v) is 16.0. The summed E-state index contributed by atoms with van der Waals surface area (Å²) in [5.74, 6) is 0.172. The number of rotatable bonds is 4. The van der Waals surface area contributed by atoms with Crippen molar-refractivity contribution in [1.29, 1.82) is 0 Å². The zero-order chi connectivity index (χ0) is 21.3. The predicted molar refractivity (Wildman–Crippen MR) is 99.7 cm³/mol. The van der Waals surface area contributed by atoms with Gasteiger partial charge in [0.1, 0.15) is 24.8 Å². The maximum Gasteiger partial charge on any atom is 0.416 e. The van der Waals surface area contributed by atoms with Gasteiger partial charge in [-0.2, -0.15) is 18.3 Å². The fourth-order valence-corrected chi connectivity index (χ4v) is 3.37. The lowest BCUT2D eigenvalue weighted by molar-refractivity contribution is -0.141. The lowest BCUT2D eigenvalue weighted by Gasteiger charge is -2.34. The van der Waals surface area contributed by atoms with Crippen LogP contribution in [0.1, 0.15) is 17.2 Å². The Morgan fingerprint density at radius 3 is 2.73 bits per heavy atom. The molecular formula is C19H18F3N5O3. The number of anilines is 1. The average Bonchev–Trinajstić information content (AvgIpc) is 3.16. The molecule has 1 aliphatic heterocycles. The third-order valence-electron chi connectivity index (χ3n) is 4.89. The topological polar surface area (TPSA) is 82.4 Å². The summed E-state index contributed by atoms with van der Waals surface area (Å²) >= 11 is 0. The van der Waals surface area contributed by atoms with Gasteiger partial charge >= 0.3 is 12.1 Å². The van der Waals surface area contributed by atoms with E-state index in [0.29, 0.717) is 42.1 Å². The summed E-state index contributed by atoms with van der Waals surface area (Å²) in [6.45, 7) is 1.26. The third kappa shape index (κ3) is 3.92. The Bertz CT molecular complexity index is 1050. The standard InChI is InChI=1S/C19H18F3N5O3/c1-29-16(28)10-27-18-14(8-25-27)17(23-11-24-18)26-6-7-30-15(9-26)12-2-4-13(5-3-12)19(20,21)22/h2-5,8,11,15H,6-7,9-10H2,1H3. The number of esters is 1. The second-order valence-electron chi connectivity index (χ2n) is 6.74. The van der Waals surface area contributed by atoms with Crippen LogP contribution in [0.2, 0.25) is 0 Å². The second kappa shape index (κ2) is 7.90. The average molecular weight is 421 g/mol. The number of hydrogen-bond donors (Lipinski definition) is 0. The number of nitrogens with zero attached hydrogens (tertiary/aromatic N) is 5. The van der Waals surface area contributed by atoms with Crippen molar-refractivity contribution < 1.29 is 27.4 Å². The molecule has 0 radical (unpaired) electrons. The predicted octanol–water partition coefficient (Wildman–Crippen LogP) is 2.60. The van der Waals surface area contributed by atoms with Crippen LogP contribution in [0.25, 0.3) is 11.0 Å². The van der Waals surface area contributed by atoms with Crippen molar-refractivity contribution in [2.45, 2.75) is 18.8 Å². The first-order chi connectivity index (χ1) is 14.4. The van der Waals surface area contributed by atoms with Crippen molar-refractivity contribution >= 4 is 22.8 Å². The highest BCUT2D eigenvalue weighted by Gasteiger charge is 2.31. The Morgan fingerprint density at radius 1 is 1.27 bits per heavy atom. The fraction of sp³-hybridized carbons (Fsp3) is 0.368. The van der Waals surface area contributed by atoms with Gasteiger partial charge in [-0.1, -0.05) is 12.1 Å². The Morgan fingerprint density at radius 2 is 2.03 bits per heavy atom. The molecule has 2 aromatic heterocycles. The number of hydrogen-bond acceptors (Lipinski definition) is 7. The van der Waals surface area contributed by atoms with Crippen LogP contribution >= 0.6 is 0 Å². The van der Waals surface area contributed by atoms with Crippen molar-refractivity contribution in [3.8, 4) is 0 Å². The highest BCUT2D eigenvalue weighted by Crippen LogP contribution is 2.32. The number of methoxy groups -OCH3 is 1. The molecule has 0 saturated carbocycles. The highest BCUT2D eigenvalue weighted by molar-refractivity contribution is 5.87. The van der Waals surface area contributed by atoms with E-state index in [2.05, 4.69) is 19.8 Å². The molecular weight excluding hydrogens is 403 g/mol. The third-order valence-corrected chi connectivity index (χ3v) is 4.89. The molecule has 3 heterocycles. The van der Waals surface area contributed by atoms with E-state index in [9.17, 15) is 18.0 Å². The largest absolute Gasteiger partial charge is 0.468 e. The van der Waals surface area contributed by atoms with E-state index in [0.717, 1.165) is 12.1 Å². The zero-order valence-electron chi connectivity index (χ0n) is 16.0. The number of carbonyl (C=O) groups is 1. The molecule has 158 valence electrons. The van der Waals surface area contributed by atoms with Crippen molar-refractivity contribution in [1.82, 2.24) is 19.7 Å². The number of fused-ring (bicyclic) bond motifs is 1. The molecule has 0 bridgehead atoms. The van der Waals surface area contributed by atoms with Gasteiger partial charge in [0.2, 0.25) is 0 Å². The highest BCUT2D eigenvalue weighted by atomic mass is 19.4. The number of alkyl halides is 3. The van der Waals surface area contributed by atoms with E-state index in [-0.39, 0.29) is 6.54 Å². The van der Waals surface area contributed by atoms with Crippen LogP contribution in [0.15, 0.2) is 36.8 Å². The molecule has 30 heavy (non-hydrogen) atoms. The van der Waals surface area contributed by atoms with Gasteiger partial charge in [0.05, 0.1) is 30.9 Å². The monoisotopic (exact) mass is 421 g/mol. The first-order valence-electron chi connectivity index (χ1n) is 9.14. The first kappa shape index (κ1) is 20.1. The molecule has 0 aliphatic carbocycles. The number of benzene rings is 1. The van der Waals surface area contributed by atoms with Crippen LogP contribution < -0.4 is 4.90 Å². The summed E-state index contributed by atoms with van der Waals surface area (Å²) in [6.07, 6.45) is -1.82. The molecule has 1 saturated heterocycles. The minimum atomic E-state index is -4.38. The number of morpholine rings is 1. The summed E-state index contributed by atoms with van der Waals surface area (Å²) in [7, 11) is 1.30. The summed E-state index contributed by atoms with van der Waals surface area (Å²) in [6, 6.07) is 4.97. The Labute approximate surface area is 169 Å². The fourth-order valence-electron chi connectivity index (χ4n) is 3.37. The molecule has 1 aliphatic rings. The van der Waals surface area contributed by atoms with E-state index < -0.39 is 23.8 Å². The number of carbonyl (C=O) groups excluding carboxylic acids is 1. The van der Waals surface area contributed by atoms with Gasteiger partial charge in [-0.3, -0.25) is 4.79 Å². The van der Waals surface area contributed by atoms with Crippen LogP contribution in [0.5, 0.6) is 0 Å². The second-order valence-corrected chi connectivity index (χ2v) is 6.74. The molecule has 0 spiro atoms. The summed E-state index contributed by atoms with van der Waals surface area (Å²) in [5, 5.41) is 4.86. The van der Waals surface area contributed by atoms with E-state index in [1.165, 1.54) is 30.3 Å². The van der Waals surface area contributed by atoms with Crippen LogP contribution in [-0.2, 0) is 27.0 Å². The number of aromatic nitrogens is 4. The van der Waals surface area contributed by atoms with Gasteiger partial charge in [-0.05, 0) is 17.7 Å². The lowest BCUT2D eigenvalue weighted by atomic mass is 10.0. The molecule has 1 unspecified atom stereocenters. The number of halogens is 3. The van der Waals surface area contributed by atoms with Crippen molar-refractivity contribution in [2.75, 3.05) is 31.7 Å². The summed E-state index contributed by atoms with van der Waals surface area (Å²) < 4.78 is 50.3. The lowest BCUT2D eigenvalue weighted by Crippen LogP contribution is -2.39. The normalized spacial score (nSPS) is 17.3. The van der Waals surface area contributed by atoms with Crippen molar-refractivity contribution in [3.63, 3.8) is 0 Å². The molecule has 4 rings (SSSR count). The van der Waals surface area contributed by atoms with E-state index >= 15 is 0 Å². The summed E-state index contributed by atoms with van der Waals surface area (Å²) in [5.41, 5.74) is 0.441. The first-order valence-corrected chi connectivity index (χ1v) is 9.14. The van der Waals surface area contributed by atoms with Crippen molar-refractivity contribution in [3.05, 3.63) is 47.9 Å². The Balaban J connectivity index is 1.57. The molecule has 1 fully saturated rings. The molecule has 8 nitrogen and oxygen atoms in total. The van der Waals surface area contributed by atoms with Crippen LogP contribution in [0, 0.1) is 0 Å². The molecule has 0 amide bonds. The number of ether oxygens (including phenoxy) is 2. The van der Waals surface area contributed by atoms with Crippen LogP contribution in [0.4, 0.5) is 19.0 Å². The van der Waals surface area contributed by atoms with Gasteiger partial charge in [0.25, 0.3) is 0 Å². The summed E-state index contributed by atoms with van der Waals surface area (Å²) in [4.78, 5) is 22.1. The molecule has 3 aromatic rings. The van der Waals surface area contributed by atoms with E-state index in [4.69, 9.17) is 4.74 Å². The minimum absolute atomic E-state index is 0.0757. The Kier molecular flexibility index (Phi) is 5.29. The Hall–Kier alpha value is -3.21. The SMILES string of the molecule is COC(=O)Cn1ncc2c(N3CCOC(c4ccc(C(F)(F)F)cc4)C3)ncnc21. The van der Waals surface area contributed by atoms with Crippen LogP contribution in [0.3, 0.4) is 0 Å². The molecule has 0 N–H and O–H groups in total. The maximum absolute atomic E-state index is 12.8. The smallest absolute Gasteiger partial charge is 0.416 e. The van der Waals surface area contributed by atoms with Crippen molar-refractivity contribution in [2.24, 2.45) is 0 Å². The van der Waals surface area contributed by atoms with Gasteiger partial charge in [-0.15, -0.1) is 0 Å².